The van der Waals surface area contributed by atoms with Crippen LogP contribution in [0.3, 0.4) is 0 Å². The molecule has 0 amide bonds. The van der Waals surface area contributed by atoms with Crippen LogP contribution < -0.4 is 0 Å². The first-order valence-electron chi connectivity index (χ1n) is 6.89. The van der Waals surface area contributed by atoms with Gasteiger partial charge in [-0.2, -0.15) is 0 Å². The van der Waals surface area contributed by atoms with Gasteiger partial charge in [0.25, 0.3) is 0 Å². The van der Waals surface area contributed by atoms with E-state index >= 15 is 0 Å². The van der Waals surface area contributed by atoms with Crippen LogP contribution in [0.25, 0.3) is 21.3 Å². The predicted octanol–water partition coefficient (Wildman–Crippen LogP) is 4.63. The molecule has 0 N–H and O–H groups in total. The summed E-state index contributed by atoms with van der Waals surface area (Å²) in [5.74, 6) is 0.715. The first-order valence-corrected chi connectivity index (χ1v) is 8.76. The average molecular weight is 334 g/mol. The number of hydrogen-bond donors (Lipinski definition) is 0. The Labute approximate surface area is 136 Å². The highest BCUT2D eigenvalue weighted by Gasteiger charge is 2.13. The third-order valence-electron chi connectivity index (χ3n) is 3.22. The minimum absolute atomic E-state index is 0.228. The number of hydrogen-bond acceptors (Lipinski definition) is 5. The number of halogens is 1. The first kappa shape index (κ1) is 15.4. The van der Waals surface area contributed by atoms with Crippen molar-refractivity contribution in [3.63, 3.8) is 0 Å². The van der Waals surface area contributed by atoms with E-state index in [2.05, 4.69) is 15.3 Å². The average Bonchev–Trinajstić information content (AvgIpc) is 2.97. The van der Waals surface area contributed by atoms with E-state index < -0.39 is 0 Å². The number of thiophene rings is 1. The molecule has 2 aromatic heterocycles. The second-order valence-corrected chi connectivity index (χ2v) is 6.65. The fraction of sp³-hybridized carbons (Fsp3) is 0.250. The maximum atomic E-state index is 13.1. The molecule has 0 aliphatic rings. The number of thioether (sulfide) groups is 1. The van der Waals surface area contributed by atoms with Crippen LogP contribution in [-0.2, 0) is 4.74 Å². The topological polar surface area (TPSA) is 35.0 Å². The Bertz CT molecular complexity index is 758. The molecule has 0 spiro atoms. The zero-order valence-corrected chi connectivity index (χ0v) is 13.7. The van der Waals surface area contributed by atoms with Gasteiger partial charge < -0.3 is 4.74 Å². The molecule has 3 aromatic rings. The predicted molar refractivity (Wildman–Crippen MR) is 90.0 cm³/mol. The van der Waals surface area contributed by atoms with E-state index in [0.29, 0.717) is 0 Å². The fourth-order valence-corrected chi connectivity index (χ4v) is 4.08. The molecular weight excluding hydrogens is 319 g/mol. The summed E-state index contributed by atoms with van der Waals surface area (Å²) in [5.41, 5.74) is 2.05. The van der Waals surface area contributed by atoms with Crippen LogP contribution in [-0.4, -0.2) is 29.4 Å². The van der Waals surface area contributed by atoms with Gasteiger partial charge in [0.2, 0.25) is 0 Å². The molecule has 0 radical (unpaired) electrons. The summed E-state index contributed by atoms with van der Waals surface area (Å²) < 4.78 is 18.2. The van der Waals surface area contributed by atoms with E-state index in [1.807, 2.05) is 0 Å². The van der Waals surface area contributed by atoms with Crippen LogP contribution in [0, 0.1) is 5.82 Å². The molecule has 2 heterocycles. The lowest BCUT2D eigenvalue weighted by Crippen LogP contribution is -1.92. The molecule has 3 rings (SSSR count). The Morgan fingerprint density at radius 1 is 1.23 bits per heavy atom. The minimum Gasteiger partial charge on any atom is -0.385 e. The standard InChI is InChI=1S/C16H15FN2OS2/c1-20-7-2-8-21-15-14-13(9-22-16(14)19-10-18-15)11-3-5-12(17)6-4-11/h3-6,9-10H,2,7-8H2,1H3. The SMILES string of the molecule is COCCCSc1ncnc2scc(-c3ccc(F)cc3)c12. The summed E-state index contributed by atoms with van der Waals surface area (Å²) in [6.07, 6.45) is 2.58. The minimum atomic E-state index is -0.228. The summed E-state index contributed by atoms with van der Waals surface area (Å²) in [6, 6.07) is 6.55. The van der Waals surface area contributed by atoms with Gasteiger partial charge in [-0.3, -0.25) is 0 Å². The van der Waals surface area contributed by atoms with E-state index in [1.165, 1.54) is 12.1 Å². The van der Waals surface area contributed by atoms with Gasteiger partial charge in [0.1, 0.15) is 22.0 Å². The fourth-order valence-electron chi connectivity index (χ4n) is 2.17. The van der Waals surface area contributed by atoms with Crippen LogP contribution in [0.15, 0.2) is 41.0 Å². The molecule has 0 aliphatic carbocycles. The summed E-state index contributed by atoms with van der Waals surface area (Å²) in [5, 5.41) is 4.09. The molecular formula is C16H15FN2OS2. The van der Waals surface area contributed by atoms with Crippen LogP contribution >= 0.6 is 23.1 Å². The van der Waals surface area contributed by atoms with Crippen LogP contribution in [0.5, 0.6) is 0 Å². The second-order valence-electron chi connectivity index (χ2n) is 4.71. The summed E-state index contributed by atoms with van der Waals surface area (Å²) >= 11 is 3.30. The van der Waals surface area contributed by atoms with E-state index in [1.54, 1.807) is 48.7 Å². The molecule has 1 aromatic carbocycles. The van der Waals surface area contributed by atoms with E-state index in [0.717, 1.165) is 45.2 Å². The number of benzene rings is 1. The number of ether oxygens (including phenoxy) is 1. The van der Waals surface area contributed by atoms with Gasteiger partial charge in [-0.15, -0.1) is 23.1 Å². The Hall–Kier alpha value is -1.50. The van der Waals surface area contributed by atoms with Gasteiger partial charge in [-0.1, -0.05) is 12.1 Å². The lowest BCUT2D eigenvalue weighted by molar-refractivity contribution is 0.200. The van der Waals surface area contributed by atoms with Crippen molar-refractivity contribution in [3.8, 4) is 11.1 Å². The van der Waals surface area contributed by atoms with Crippen molar-refractivity contribution < 1.29 is 9.13 Å². The second kappa shape index (κ2) is 7.17. The quantitative estimate of drug-likeness (QED) is 0.374. The van der Waals surface area contributed by atoms with Gasteiger partial charge in [-0.25, -0.2) is 14.4 Å². The number of nitrogens with zero attached hydrogens (tertiary/aromatic N) is 2. The van der Waals surface area contributed by atoms with Crippen molar-refractivity contribution in [3.05, 3.63) is 41.8 Å². The van der Waals surface area contributed by atoms with Crippen molar-refractivity contribution in [2.45, 2.75) is 11.4 Å². The van der Waals surface area contributed by atoms with Crippen molar-refractivity contribution in [2.75, 3.05) is 19.5 Å². The van der Waals surface area contributed by atoms with Crippen LogP contribution in [0.4, 0.5) is 4.39 Å². The van der Waals surface area contributed by atoms with Gasteiger partial charge >= 0.3 is 0 Å². The van der Waals surface area contributed by atoms with Gasteiger partial charge in [0.15, 0.2) is 0 Å². The van der Waals surface area contributed by atoms with Crippen molar-refractivity contribution >= 4 is 33.3 Å². The van der Waals surface area contributed by atoms with Gasteiger partial charge in [-0.05, 0) is 24.1 Å². The Kier molecular flexibility index (Phi) is 5.02. The van der Waals surface area contributed by atoms with Crippen molar-refractivity contribution in [2.24, 2.45) is 0 Å². The maximum Gasteiger partial charge on any atom is 0.128 e. The highest BCUT2D eigenvalue weighted by molar-refractivity contribution is 7.99. The molecule has 0 saturated carbocycles. The largest absolute Gasteiger partial charge is 0.385 e. The molecule has 3 nitrogen and oxygen atoms in total. The molecule has 0 bridgehead atoms. The molecule has 0 aliphatic heterocycles. The smallest absolute Gasteiger partial charge is 0.128 e. The van der Waals surface area contributed by atoms with Crippen LogP contribution in [0.2, 0.25) is 0 Å². The van der Waals surface area contributed by atoms with Crippen LogP contribution in [0.1, 0.15) is 6.42 Å². The molecule has 6 heteroatoms. The molecule has 0 fully saturated rings. The number of fused-ring (bicyclic) bond motifs is 1. The van der Waals surface area contributed by atoms with Crippen molar-refractivity contribution in [1.82, 2.24) is 9.97 Å². The third-order valence-corrected chi connectivity index (χ3v) is 5.18. The zero-order chi connectivity index (χ0) is 15.4. The third kappa shape index (κ3) is 3.29. The summed E-state index contributed by atoms with van der Waals surface area (Å²) in [6.45, 7) is 0.746. The molecule has 114 valence electrons. The van der Waals surface area contributed by atoms with E-state index in [4.69, 9.17) is 4.74 Å². The Morgan fingerprint density at radius 3 is 2.82 bits per heavy atom. The molecule has 0 unspecified atom stereocenters. The first-order chi connectivity index (χ1) is 10.8. The van der Waals surface area contributed by atoms with Crippen molar-refractivity contribution in [1.29, 1.82) is 0 Å². The van der Waals surface area contributed by atoms with Gasteiger partial charge in [0.05, 0.1) is 5.39 Å². The number of rotatable bonds is 6. The zero-order valence-electron chi connectivity index (χ0n) is 12.1. The highest BCUT2D eigenvalue weighted by Crippen LogP contribution is 2.37. The summed E-state index contributed by atoms with van der Waals surface area (Å²) in [4.78, 5) is 9.73. The number of aromatic nitrogens is 2. The van der Waals surface area contributed by atoms with Gasteiger partial charge in [0, 0.05) is 30.4 Å². The Morgan fingerprint density at radius 2 is 2.05 bits per heavy atom. The normalized spacial score (nSPS) is 11.2. The lowest BCUT2D eigenvalue weighted by Gasteiger charge is -2.05. The maximum absolute atomic E-state index is 13.1. The molecule has 22 heavy (non-hydrogen) atoms. The number of methoxy groups -OCH3 is 1. The molecule has 0 saturated heterocycles. The van der Waals surface area contributed by atoms with E-state index in [-0.39, 0.29) is 5.82 Å². The van der Waals surface area contributed by atoms with E-state index in [9.17, 15) is 4.39 Å². The highest BCUT2D eigenvalue weighted by atomic mass is 32.2. The Balaban J connectivity index is 1.95. The monoisotopic (exact) mass is 334 g/mol. The summed E-state index contributed by atoms with van der Waals surface area (Å²) in [7, 11) is 1.71. The lowest BCUT2D eigenvalue weighted by atomic mass is 10.1. The molecule has 0 atom stereocenters.